The van der Waals surface area contributed by atoms with Crippen molar-refractivity contribution < 1.29 is 17.9 Å². The molecular formula is C16H28N2O4S. The van der Waals surface area contributed by atoms with E-state index < -0.39 is 9.84 Å². The third-order valence-corrected chi connectivity index (χ3v) is 8.65. The summed E-state index contributed by atoms with van der Waals surface area (Å²) in [6, 6.07) is -0.389. The van der Waals surface area contributed by atoms with Gasteiger partial charge in [-0.15, -0.1) is 0 Å². The molecule has 5 unspecified atom stereocenters. The lowest BCUT2D eigenvalue weighted by Gasteiger charge is -2.64. The van der Waals surface area contributed by atoms with Crippen molar-refractivity contribution in [3.8, 4) is 0 Å². The zero-order chi connectivity index (χ0) is 16.8. The topological polar surface area (TPSA) is 84.5 Å². The van der Waals surface area contributed by atoms with E-state index in [9.17, 15) is 13.2 Å². The Kier molecular flexibility index (Phi) is 4.38. The van der Waals surface area contributed by atoms with Crippen LogP contribution in [0, 0.1) is 11.3 Å². The van der Waals surface area contributed by atoms with Gasteiger partial charge in [0, 0.05) is 30.5 Å². The number of hydrogen-bond acceptors (Lipinski definition) is 4. The normalized spacial score (nSPS) is 40.7. The third-order valence-electron chi connectivity index (χ3n) is 6.32. The van der Waals surface area contributed by atoms with Crippen LogP contribution in [0.5, 0.6) is 0 Å². The molecule has 2 aliphatic carbocycles. The monoisotopic (exact) mass is 344 g/mol. The van der Waals surface area contributed by atoms with E-state index in [0.717, 1.165) is 19.3 Å². The number of rotatable bonds is 3. The number of ether oxygens (including phenoxy) is 1. The summed E-state index contributed by atoms with van der Waals surface area (Å²) in [6.45, 7) is 3.85. The Balaban J connectivity index is 1.56. The molecule has 6 nitrogen and oxygen atoms in total. The van der Waals surface area contributed by atoms with E-state index in [1.54, 1.807) is 14.0 Å². The number of hydrogen-bond donors (Lipinski definition) is 2. The predicted molar refractivity (Wildman–Crippen MR) is 88.0 cm³/mol. The van der Waals surface area contributed by atoms with Gasteiger partial charge in [-0.05, 0) is 32.6 Å². The van der Waals surface area contributed by atoms with Gasteiger partial charge in [-0.1, -0.05) is 13.3 Å². The fraction of sp³-hybridized carbons (Fsp3) is 0.938. The zero-order valence-corrected chi connectivity index (χ0v) is 15.0. The van der Waals surface area contributed by atoms with Gasteiger partial charge < -0.3 is 15.4 Å². The van der Waals surface area contributed by atoms with E-state index in [2.05, 4.69) is 17.6 Å². The summed E-state index contributed by atoms with van der Waals surface area (Å²) in [5.74, 6) is 0.342. The van der Waals surface area contributed by atoms with Crippen molar-refractivity contribution in [3.05, 3.63) is 0 Å². The van der Waals surface area contributed by atoms with Crippen LogP contribution in [0.2, 0.25) is 0 Å². The van der Waals surface area contributed by atoms with Crippen LogP contribution in [-0.4, -0.2) is 50.7 Å². The average Bonchev–Trinajstić information content (AvgIpc) is 2.43. The van der Waals surface area contributed by atoms with Crippen LogP contribution >= 0.6 is 0 Å². The van der Waals surface area contributed by atoms with Crippen LogP contribution < -0.4 is 10.6 Å². The van der Waals surface area contributed by atoms with Crippen LogP contribution in [0.3, 0.4) is 0 Å². The Morgan fingerprint density at radius 1 is 1.17 bits per heavy atom. The Bertz CT molecular complexity index is 573. The molecule has 1 saturated heterocycles. The molecule has 132 valence electrons. The SMILES string of the molecule is COC1C(C)C(NC(=O)NC2CCC(C)S(=O)(=O)C2)C12CCC2. The molecule has 0 aromatic carbocycles. The number of carbonyl (C=O) groups is 1. The zero-order valence-electron chi connectivity index (χ0n) is 14.2. The molecule has 5 atom stereocenters. The molecule has 0 aromatic rings. The first kappa shape index (κ1) is 17.0. The Morgan fingerprint density at radius 2 is 1.87 bits per heavy atom. The quantitative estimate of drug-likeness (QED) is 0.812. The lowest BCUT2D eigenvalue weighted by Crippen LogP contribution is -2.73. The highest BCUT2D eigenvalue weighted by Gasteiger charge is 2.63. The smallest absolute Gasteiger partial charge is 0.315 e. The molecule has 1 aliphatic heterocycles. The van der Waals surface area contributed by atoms with Crippen LogP contribution in [-0.2, 0) is 14.6 Å². The summed E-state index contributed by atoms with van der Waals surface area (Å²) in [5, 5.41) is 5.65. The van der Waals surface area contributed by atoms with E-state index in [1.165, 1.54) is 6.42 Å². The number of sulfone groups is 1. The van der Waals surface area contributed by atoms with Gasteiger partial charge in [-0.2, -0.15) is 0 Å². The fourth-order valence-electron chi connectivity index (χ4n) is 4.81. The maximum absolute atomic E-state index is 12.3. The molecule has 3 aliphatic rings. The first-order valence-electron chi connectivity index (χ1n) is 8.61. The first-order chi connectivity index (χ1) is 10.8. The molecular weight excluding hydrogens is 316 g/mol. The fourth-order valence-corrected chi connectivity index (χ4v) is 6.45. The molecule has 1 spiro atoms. The first-order valence-corrected chi connectivity index (χ1v) is 10.3. The summed E-state index contributed by atoms with van der Waals surface area (Å²) >= 11 is 0. The van der Waals surface area contributed by atoms with E-state index in [0.29, 0.717) is 12.3 Å². The van der Waals surface area contributed by atoms with Crippen LogP contribution in [0.15, 0.2) is 0 Å². The van der Waals surface area contributed by atoms with E-state index in [-0.39, 0.29) is 40.6 Å². The van der Waals surface area contributed by atoms with Crippen LogP contribution in [0.25, 0.3) is 0 Å². The van der Waals surface area contributed by atoms with Gasteiger partial charge >= 0.3 is 6.03 Å². The minimum absolute atomic E-state index is 0.0493. The molecule has 0 aromatic heterocycles. The van der Waals surface area contributed by atoms with Gasteiger partial charge in [-0.3, -0.25) is 0 Å². The number of urea groups is 1. The highest BCUT2D eigenvalue weighted by molar-refractivity contribution is 7.92. The van der Waals surface area contributed by atoms with E-state index in [4.69, 9.17) is 4.74 Å². The van der Waals surface area contributed by atoms with Gasteiger partial charge in [0.15, 0.2) is 9.84 Å². The Labute approximate surface area is 138 Å². The minimum atomic E-state index is -3.08. The summed E-state index contributed by atoms with van der Waals surface area (Å²) in [5.41, 5.74) is 0.0959. The highest BCUT2D eigenvalue weighted by atomic mass is 32.2. The van der Waals surface area contributed by atoms with Crippen LogP contribution in [0.4, 0.5) is 4.79 Å². The average molecular weight is 344 g/mol. The Hall–Kier alpha value is -0.820. The molecule has 23 heavy (non-hydrogen) atoms. The van der Waals surface area contributed by atoms with Gasteiger partial charge in [-0.25, -0.2) is 13.2 Å². The molecule has 3 rings (SSSR count). The molecule has 2 saturated carbocycles. The second-order valence-corrected chi connectivity index (χ2v) is 10.1. The van der Waals surface area contributed by atoms with Gasteiger partial charge in [0.2, 0.25) is 0 Å². The van der Waals surface area contributed by atoms with Crippen molar-refractivity contribution in [1.82, 2.24) is 10.6 Å². The van der Waals surface area contributed by atoms with E-state index >= 15 is 0 Å². The standard InChI is InChI=1S/C16H28N2O4S/c1-10-5-6-12(9-23(10,20)21)17-15(19)18-13-11(2)14(22-3)16(13)7-4-8-16/h10-14H,4-9H2,1-3H3,(H2,17,18,19). The molecule has 3 fully saturated rings. The molecule has 1 heterocycles. The molecule has 2 amide bonds. The maximum atomic E-state index is 12.3. The van der Waals surface area contributed by atoms with Crippen molar-refractivity contribution in [3.63, 3.8) is 0 Å². The summed E-state index contributed by atoms with van der Waals surface area (Å²) < 4.78 is 29.5. The second-order valence-electron chi connectivity index (χ2n) is 7.61. The van der Waals surface area contributed by atoms with Crippen LogP contribution in [0.1, 0.15) is 46.0 Å². The summed E-state index contributed by atoms with van der Waals surface area (Å²) in [7, 11) is -1.34. The largest absolute Gasteiger partial charge is 0.380 e. The number of carbonyl (C=O) groups excluding carboxylic acids is 1. The summed E-state index contributed by atoms with van der Waals surface area (Å²) in [4.78, 5) is 12.3. The highest BCUT2D eigenvalue weighted by Crippen LogP contribution is 2.59. The van der Waals surface area contributed by atoms with E-state index in [1.807, 2.05) is 0 Å². The minimum Gasteiger partial charge on any atom is -0.380 e. The number of nitrogens with one attached hydrogen (secondary N) is 2. The van der Waals surface area contributed by atoms with Gasteiger partial charge in [0.25, 0.3) is 0 Å². The molecule has 0 radical (unpaired) electrons. The van der Waals surface area contributed by atoms with Gasteiger partial charge in [0.1, 0.15) is 0 Å². The Morgan fingerprint density at radius 3 is 2.39 bits per heavy atom. The molecule has 0 bridgehead atoms. The lowest BCUT2D eigenvalue weighted by molar-refractivity contribution is -0.197. The van der Waals surface area contributed by atoms with Crippen molar-refractivity contribution in [2.45, 2.75) is 69.4 Å². The van der Waals surface area contributed by atoms with Crippen molar-refractivity contribution in [1.29, 1.82) is 0 Å². The van der Waals surface area contributed by atoms with Gasteiger partial charge in [0.05, 0.1) is 17.1 Å². The maximum Gasteiger partial charge on any atom is 0.315 e. The summed E-state index contributed by atoms with van der Waals surface area (Å²) in [6.07, 6.45) is 4.93. The lowest BCUT2D eigenvalue weighted by atomic mass is 9.46. The van der Waals surface area contributed by atoms with Crippen molar-refractivity contribution in [2.24, 2.45) is 11.3 Å². The predicted octanol–water partition coefficient (Wildman–Crippen LogP) is 1.45. The third kappa shape index (κ3) is 2.76. The number of methoxy groups -OCH3 is 1. The molecule has 7 heteroatoms. The van der Waals surface area contributed by atoms with Crippen molar-refractivity contribution >= 4 is 15.9 Å². The second kappa shape index (κ2) is 5.92. The molecule has 2 N–H and O–H groups in total. The van der Waals surface area contributed by atoms with Crippen molar-refractivity contribution in [2.75, 3.05) is 12.9 Å². The number of amides is 2.